The normalized spacial score (nSPS) is 18.1. The molecule has 0 radical (unpaired) electrons. The third-order valence-electron chi connectivity index (χ3n) is 9.99. The molecule has 0 saturated carbocycles. The van der Waals surface area contributed by atoms with Gasteiger partial charge in [0.15, 0.2) is 5.78 Å². The molecule has 0 spiro atoms. The number of carbonyl (C=O) groups is 1. The standard InChI is InChI=1S/C39H52N4O2/c1-30(2)45-36-13-8-10-31(26-36)27-38(44)37(41)29-39(18-9-20-40,34-15-14-32-11-4-5-12-33(32)28-34)19-25-42-23-16-35(17-24-42)43-21-6-3-7-22-43/h4-5,8,10-15,20,26,28,30,35,40-41H,3,6-7,9,16-19,21-25,27,29H2,1-2H3/t39-/m0/s1. The van der Waals surface area contributed by atoms with E-state index >= 15 is 0 Å². The van der Waals surface area contributed by atoms with Crippen LogP contribution in [0.1, 0.15) is 82.8 Å². The molecule has 0 unspecified atom stereocenters. The highest BCUT2D eigenvalue weighted by Gasteiger charge is 2.36. The summed E-state index contributed by atoms with van der Waals surface area (Å²) < 4.78 is 5.85. The highest BCUT2D eigenvalue weighted by molar-refractivity contribution is 6.39. The number of nitrogens with zero attached hydrogens (tertiary/aromatic N) is 2. The van der Waals surface area contributed by atoms with Crippen molar-refractivity contribution >= 4 is 28.5 Å². The molecular formula is C39H52N4O2. The Labute approximate surface area is 270 Å². The summed E-state index contributed by atoms with van der Waals surface area (Å²) in [5, 5.41) is 19.4. The summed E-state index contributed by atoms with van der Waals surface area (Å²) in [6, 6.07) is 23.5. The molecule has 2 N–H and O–H groups in total. The van der Waals surface area contributed by atoms with Crippen LogP contribution in [0.15, 0.2) is 66.7 Å². The number of hydrogen-bond donors (Lipinski definition) is 2. The zero-order valence-corrected chi connectivity index (χ0v) is 27.4. The summed E-state index contributed by atoms with van der Waals surface area (Å²) >= 11 is 0. The molecule has 3 aromatic rings. The van der Waals surface area contributed by atoms with Gasteiger partial charge in [-0.25, -0.2) is 0 Å². The van der Waals surface area contributed by atoms with Gasteiger partial charge in [-0.2, -0.15) is 0 Å². The highest BCUT2D eigenvalue weighted by Crippen LogP contribution is 2.39. The Kier molecular flexibility index (Phi) is 11.6. The number of fused-ring (bicyclic) bond motifs is 1. The minimum absolute atomic E-state index is 0.0567. The third kappa shape index (κ3) is 8.89. The van der Waals surface area contributed by atoms with Gasteiger partial charge in [-0.3, -0.25) is 4.79 Å². The number of piperidine rings is 2. The van der Waals surface area contributed by atoms with Gasteiger partial charge in [-0.05, 0) is 132 Å². The predicted octanol–water partition coefficient (Wildman–Crippen LogP) is 7.86. The van der Waals surface area contributed by atoms with E-state index in [0.29, 0.717) is 18.9 Å². The summed E-state index contributed by atoms with van der Waals surface area (Å²) in [5.41, 5.74) is 1.82. The van der Waals surface area contributed by atoms with Gasteiger partial charge in [-0.15, -0.1) is 0 Å². The molecule has 0 amide bonds. The lowest BCUT2D eigenvalue weighted by atomic mass is 9.69. The van der Waals surface area contributed by atoms with Gasteiger partial charge in [0.1, 0.15) is 5.75 Å². The smallest absolute Gasteiger partial charge is 0.180 e. The first-order chi connectivity index (χ1) is 21.8. The predicted molar refractivity (Wildman–Crippen MR) is 186 cm³/mol. The fraction of sp³-hybridized carbons (Fsp3) is 0.513. The molecule has 2 heterocycles. The van der Waals surface area contributed by atoms with Crippen molar-refractivity contribution in [3.63, 3.8) is 0 Å². The van der Waals surface area contributed by atoms with E-state index < -0.39 is 5.41 Å². The lowest BCUT2D eigenvalue weighted by Gasteiger charge is -2.42. The van der Waals surface area contributed by atoms with Crippen LogP contribution in [0.2, 0.25) is 0 Å². The molecule has 6 nitrogen and oxygen atoms in total. The first kappa shape index (κ1) is 33.0. The number of rotatable bonds is 15. The first-order valence-electron chi connectivity index (χ1n) is 17.2. The molecule has 1 atom stereocenters. The minimum atomic E-state index is -0.402. The number of ketones is 1. The summed E-state index contributed by atoms with van der Waals surface area (Å²) in [4.78, 5) is 18.9. The molecular weight excluding hydrogens is 556 g/mol. The van der Waals surface area contributed by atoms with Gasteiger partial charge in [0, 0.05) is 24.3 Å². The Morgan fingerprint density at radius 1 is 0.933 bits per heavy atom. The van der Waals surface area contributed by atoms with E-state index in [-0.39, 0.29) is 24.0 Å². The average molecular weight is 609 g/mol. The zero-order chi connectivity index (χ0) is 31.6. The molecule has 0 bridgehead atoms. The van der Waals surface area contributed by atoms with E-state index in [1.54, 1.807) is 0 Å². The lowest BCUT2D eigenvalue weighted by molar-refractivity contribution is -0.112. The van der Waals surface area contributed by atoms with Crippen LogP contribution in [0.25, 0.3) is 10.8 Å². The number of carbonyl (C=O) groups excluding carboxylic acids is 1. The summed E-state index contributed by atoms with van der Waals surface area (Å²) in [7, 11) is 0. The zero-order valence-electron chi connectivity index (χ0n) is 27.4. The molecule has 5 rings (SSSR count). The highest BCUT2D eigenvalue weighted by atomic mass is 16.5. The first-order valence-corrected chi connectivity index (χ1v) is 17.2. The Bertz CT molecular complexity index is 1440. The quantitative estimate of drug-likeness (QED) is 0.172. The fourth-order valence-electron chi connectivity index (χ4n) is 7.45. The van der Waals surface area contributed by atoms with Gasteiger partial charge in [0.2, 0.25) is 0 Å². The SMILES string of the molecule is CC(C)Oc1cccc(CC(=O)C(=N)C[C@](CCC=N)(CCN2CCC(N3CCCCC3)CC2)c2ccc3ccccc3c2)c1. The van der Waals surface area contributed by atoms with Crippen LogP contribution in [0.5, 0.6) is 5.75 Å². The van der Waals surface area contributed by atoms with E-state index in [2.05, 4.69) is 52.3 Å². The molecule has 45 heavy (non-hydrogen) atoms. The van der Waals surface area contributed by atoms with Crippen LogP contribution in [-0.2, 0) is 16.6 Å². The van der Waals surface area contributed by atoms with Crippen molar-refractivity contribution in [1.82, 2.24) is 9.80 Å². The van der Waals surface area contributed by atoms with Crippen LogP contribution in [0, 0.1) is 10.8 Å². The van der Waals surface area contributed by atoms with Crippen LogP contribution in [0.3, 0.4) is 0 Å². The molecule has 0 aromatic heterocycles. The molecule has 2 fully saturated rings. The molecule has 0 aliphatic carbocycles. The molecule has 2 aliphatic rings. The maximum Gasteiger partial charge on any atom is 0.180 e. The van der Waals surface area contributed by atoms with Crippen LogP contribution in [0.4, 0.5) is 0 Å². The topological polar surface area (TPSA) is 80.5 Å². The number of benzene rings is 3. The van der Waals surface area contributed by atoms with E-state index in [1.807, 2.05) is 38.1 Å². The monoisotopic (exact) mass is 608 g/mol. The Hall–Kier alpha value is -3.35. The summed E-state index contributed by atoms with van der Waals surface area (Å²) in [6.07, 6.45) is 10.8. The number of likely N-dealkylation sites (tertiary alicyclic amines) is 2. The number of Topliss-reactive ketones (excluding diaryl/α,β-unsaturated/α-hetero) is 1. The number of ether oxygens (including phenoxy) is 1. The van der Waals surface area contributed by atoms with Gasteiger partial charge in [-0.1, -0.05) is 61.0 Å². The van der Waals surface area contributed by atoms with E-state index in [0.717, 1.165) is 43.8 Å². The van der Waals surface area contributed by atoms with Crippen molar-refractivity contribution in [2.45, 2.75) is 95.6 Å². The summed E-state index contributed by atoms with van der Waals surface area (Å²) in [5.74, 6) is 0.612. The average Bonchev–Trinajstić information content (AvgIpc) is 3.06. The Balaban J connectivity index is 1.35. The second-order valence-electron chi connectivity index (χ2n) is 13.6. The van der Waals surface area contributed by atoms with E-state index in [9.17, 15) is 4.79 Å². The molecule has 6 heteroatoms. The van der Waals surface area contributed by atoms with Gasteiger partial charge < -0.3 is 25.4 Å². The maximum absolute atomic E-state index is 13.6. The van der Waals surface area contributed by atoms with E-state index in [1.165, 1.54) is 67.7 Å². The van der Waals surface area contributed by atoms with Crippen molar-refractivity contribution in [3.8, 4) is 5.75 Å². The molecule has 240 valence electrons. The molecule has 2 saturated heterocycles. The summed E-state index contributed by atoms with van der Waals surface area (Å²) in [6.45, 7) is 9.63. The third-order valence-corrected chi connectivity index (χ3v) is 9.99. The lowest BCUT2D eigenvalue weighted by Crippen LogP contribution is -2.47. The molecule has 2 aliphatic heterocycles. The second kappa shape index (κ2) is 15.8. The Morgan fingerprint density at radius 2 is 1.69 bits per heavy atom. The van der Waals surface area contributed by atoms with Crippen LogP contribution >= 0.6 is 0 Å². The van der Waals surface area contributed by atoms with Crippen LogP contribution in [-0.4, -0.2) is 72.4 Å². The fourth-order valence-corrected chi connectivity index (χ4v) is 7.45. The minimum Gasteiger partial charge on any atom is -0.491 e. The van der Waals surface area contributed by atoms with Crippen molar-refractivity contribution in [2.75, 3.05) is 32.7 Å². The van der Waals surface area contributed by atoms with Crippen molar-refractivity contribution in [2.24, 2.45) is 0 Å². The largest absolute Gasteiger partial charge is 0.491 e. The second-order valence-corrected chi connectivity index (χ2v) is 13.6. The number of nitrogens with one attached hydrogen (secondary N) is 2. The Morgan fingerprint density at radius 3 is 2.42 bits per heavy atom. The van der Waals surface area contributed by atoms with Gasteiger partial charge >= 0.3 is 0 Å². The molecule has 3 aromatic carbocycles. The van der Waals surface area contributed by atoms with E-state index in [4.69, 9.17) is 15.6 Å². The van der Waals surface area contributed by atoms with Crippen LogP contribution < -0.4 is 4.74 Å². The van der Waals surface area contributed by atoms with Gasteiger partial charge in [0.05, 0.1) is 11.8 Å². The van der Waals surface area contributed by atoms with Crippen molar-refractivity contribution in [3.05, 3.63) is 77.9 Å². The maximum atomic E-state index is 13.6. The van der Waals surface area contributed by atoms with Crippen molar-refractivity contribution in [1.29, 1.82) is 10.8 Å². The van der Waals surface area contributed by atoms with Crippen molar-refractivity contribution < 1.29 is 9.53 Å². The van der Waals surface area contributed by atoms with Gasteiger partial charge in [0.25, 0.3) is 0 Å². The number of hydrogen-bond acceptors (Lipinski definition) is 6.